The van der Waals surface area contributed by atoms with Crippen LogP contribution in [0.3, 0.4) is 0 Å². The summed E-state index contributed by atoms with van der Waals surface area (Å²) in [6.07, 6.45) is 1.37. The van der Waals surface area contributed by atoms with E-state index in [1.807, 2.05) is 37.3 Å². The van der Waals surface area contributed by atoms with Crippen LogP contribution >= 0.6 is 0 Å². The molecule has 0 aliphatic carbocycles. The van der Waals surface area contributed by atoms with E-state index in [1.54, 1.807) is 37.4 Å². The molecule has 32 heavy (non-hydrogen) atoms. The summed E-state index contributed by atoms with van der Waals surface area (Å²) < 4.78 is 32.4. The molecule has 0 amide bonds. The van der Waals surface area contributed by atoms with E-state index >= 15 is 4.39 Å². The van der Waals surface area contributed by atoms with E-state index < -0.39 is 5.82 Å². The second-order valence-corrected chi connectivity index (χ2v) is 7.37. The summed E-state index contributed by atoms with van der Waals surface area (Å²) >= 11 is 0. The number of benzene rings is 3. The largest absolute Gasteiger partial charge is 0.493 e. The standard InChI is InChI=1S/C25H20FN3O3/c1-15-10-17-19(29-15)8-9-21(24(17)26)32-25-18-11-23(31-13-16-6-4-3-5-7-16)22(30-2)12-20(18)27-14-28-25/h3-12,14,29H,13H2,1-2H3. The number of H-pyrrole nitrogens is 1. The number of nitrogens with one attached hydrogen (secondary N) is 1. The Morgan fingerprint density at radius 1 is 0.906 bits per heavy atom. The van der Waals surface area contributed by atoms with Crippen molar-refractivity contribution in [2.24, 2.45) is 0 Å². The molecule has 0 unspecified atom stereocenters. The number of fused-ring (bicyclic) bond motifs is 2. The Hall–Kier alpha value is -4.13. The van der Waals surface area contributed by atoms with E-state index in [0.29, 0.717) is 39.9 Å². The maximum Gasteiger partial charge on any atom is 0.230 e. The maximum absolute atomic E-state index is 15.0. The van der Waals surface area contributed by atoms with Crippen molar-refractivity contribution in [3.05, 3.63) is 84.1 Å². The van der Waals surface area contributed by atoms with E-state index in [-0.39, 0.29) is 11.6 Å². The predicted molar refractivity (Wildman–Crippen MR) is 120 cm³/mol. The van der Waals surface area contributed by atoms with Gasteiger partial charge in [-0.3, -0.25) is 0 Å². The van der Waals surface area contributed by atoms with Gasteiger partial charge in [-0.05, 0) is 36.8 Å². The lowest BCUT2D eigenvalue weighted by Crippen LogP contribution is -1.99. The molecule has 160 valence electrons. The van der Waals surface area contributed by atoms with Gasteiger partial charge >= 0.3 is 0 Å². The molecule has 5 aromatic rings. The highest BCUT2D eigenvalue weighted by molar-refractivity contribution is 5.87. The van der Waals surface area contributed by atoms with E-state index in [4.69, 9.17) is 14.2 Å². The second kappa shape index (κ2) is 8.19. The number of aromatic nitrogens is 3. The minimum atomic E-state index is -0.451. The Morgan fingerprint density at radius 3 is 2.56 bits per heavy atom. The van der Waals surface area contributed by atoms with Crippen LogP contribution in [0.5, 0.6) is 23.1 Å². The molecule has 0 aliphatic rings. The maximum atomic E-state index is 15.0. The third-order valence-electron chi connectivity index (χ3n) is 5.16. The highest BCUT2D eigenvalue weighted by Gasteiger charge is 2.16. The van der Waals surface area contributed by atoms with Crippen molar-refractivity contribution in [2.45, 2.75) is 13.5 Å². The van der Waals surface area contributed by atoms with Crippen LogP contribution in [0.4, 0.5) is 4.39 Å². The summed E-state index contributed by atoms with van der Waals surface area (Å²) in [5.41, 5.74) is 3.20. The van der Waals surface area contributed by atoms with Crippen molar-refractivity contribution in [3.8, 4) is 23.1 Å². The Kier molecular flexibility index (Phi) is 5.07. The third kappa shape index (κ3) is 3.69. The van der Waals surface area contributed by atoms with Gasteiger partial charge in [0, 0.05) is 22.7 Å². The molecule has 0 radical (unpaired) electrons. The van der Waals surface area contributed by atoms with Crippen LogP contribution in [0.2, 0.25) is 0 Å². The van der Waals surface area contributed by atoms with Crippen molar-refractivity contribution in [3.63, 3.8) is 0 Å². The van der Waals surface area contributed by atoms with Gasteiger partial charge in [-0.15, -0.1) is 0 Å². The van der Waals surface area contributed by atoms with Crippen LogP contribution < -0.4 is 14.2 Å². The Labute approximate surface area is 183 Å². The Morgan fingerprint density at radius 2 is 1.75 bits per heavy atom. The van der Waals surface area contributed by atoms with Crippen LogP contribution in [0, 0.1) is 12.7 Å². The van der Waals surface area contributed by atoms with Crippen molar-refractivity contribution < 1.29 is 18.6 Å². The fourth-order valence-electron chi connectivity index (χ4n) is 3.60. The molecule has 0 bridgehead atoms. The molecular formula is C25H20FN3O3. The van der Waals surface area contributed by atoms with Crippen molar-refractivity contribution in [2.75, 3.05) is 7.11 Å². The molecule has 2 heterocycles. The summed E-state index contributed by atoms with van der Waals surface area (Å²) in [4.78, 5) is 11.7. The van der Waals surface area contributed by atoms with Crippen LogP contribution in [0.15, 0.2) is 67.0 Å². The highest BCUT2D eigenvalue weighted by atomic mass is 19.1. The normalized spacial score (nSPS) is 11.1. The number of methoxy groups -OCH3 is 1. The van der Waals surface area contributed by atoms with E-state index in [2.05, 4.69) is 15.0 Å². The molecule has 0 saturated carbocycles. The molecule has 6 nitrogen and oxygen atoms in total. The fourth-order valence-corrected chi connectivity index (χ4v) is 3.60. The summed E-state index contributed by atoms with van der Waals surface area (Å²) in [5, 5.41) is 1.05. The summed E-state index contributed by atoms with van der Waals surface area (Å²) in [7, 11) is 1.57. The molecular weight excluding hydrogens is 409 g/mol. The van der Waals surface area contributed by atoms with E-state index in [1.165, 1.54) is 6.33 Å². The SMILES string of the molecule is COc1cc2ncnc(Oc3ccc4[nH]c(C)cc4c3F)c2cc1OCc1ccccc1. The highest BCUT2D eigenvalue weighted by Crippen LogP contribution is 2.37. The van der Waals surface area contributed by atoms with Crippen LogP contribution in [-0.2, 0) is 6.61 Å². The minimum Gasteiger partial charge on any atom is -0.493 e. The lowest BCUT2D eigenvalue weighted by atomic mass is 10.2. The van der Waals surface area contributed by atoms with Gasteiger partial charge in [0.25, 0.3) is 0 Å². The predicted octanol–water partition coefficient (Wildman–Crippen LogP) is 5.94. The van der Waals surface area contributed by atoms with E-state index in [0.717, 1.165) is 11.3 Å². The molecule has 7 heteroatoms. The van der Waals surface area contributed by atoms with Gasteiger partial charge < -0.3 is 19.2 Å². The van der Waals surface area contributed by atoms with Crippen molar-refractivity contribution in [1.29, 1.82) is 0 Å². The molecule has 1 N–H and O–H groups in total. The van der Waals surface area contributed by atoms with Crippen molar-refractivity contribution >= 4 is 21.8 Å². The molecule has 5 rings (SSSR count). The molecule has 0 aliphatic heterocycles. The van der Waals surface area contributed by atoms with Gasteiger partial charge in [0.2, 0.25) is 5.88 Å². The lowest BCUT2D eigenvalue weighted by molar-refractivity contribution is 0.285. The van der Waals surface area contributed by atoms with Gasteiger partial charge in [0.1, 0.15) is 12.9 Å². The first kappa shape index (κ1) is 19.8. The van der Waals surface area contributed by atoms with Crippen molar-refractivity contribution in [1.82, 2.24) is 15.0 Å². The zero-order valence-electron chi connectivity index (χ0n) is 17.6. The topological polar surface area (TPSA) is 69.3 Å². The van der Waals surface area contributed by atoms with Gasteiger partial charge in [-0.25, -0.2) is 14.4 Å². The van der Waals surface area contributed by atoms with Gasteiger partial charge in [0.05, 0.1) is 18.0 Å². The monoisotopic (exact) mass is 429 g/mol. The van der Waals surface area contributed by atoms with Crippen LogP contribution in [0.25, 0.3) is 21.8 Å². The number of ether oxygens (including phenoxy) is 3. The number of halogens is 1. The number of rotatable bonds is 6. The van der Waals surface area contributed by atoms with Crippen LogP contribution in [-0.4, -0.2) is 22.1 Å². The smallest absolute Gasteiger partial charge is 0.230 e. The third-order valence-corrected chi connectivity index (χ3v) is 5.16. The Bertz CT molecular complexity index is 1420. The Balaban J connectivity index is 1.52. The summed E-state index contributed by atoms with van der Waals surface area (Å²) in [5.74, 6) is 0.911. The van der Waals surface area contributed by atoms with Gasteiger partial charge in [-0.1, -0.05) is 30.3 Å². The average Bonchev–Trinajstić information content (AvgIpc) is 3.21. The number of aromatic amines is 1. The quantitative estimate of drug-likeness (QED) is 0.362. The summed E-state index contributed by atoms with van der Waals surface area (Å²) in [6, 6.07) is 18.4. The first-order valence-electron chi connectivity index (χ1n) is 10.1. The number of nitrogens with zero attached hydrogens (tertiary/aromatic N) is 2. The zero-order chi connectivity index (χ0) is 22.1. The zero-order valence-corrected chi connectivity index (χ0v) is 17.6. The second-order valence-electron chi connectivity index (χ2n) is 7.37. The average molecular weight is 429 g/mol. The minimum absolute atomic E-state index is 0.0825. The first-order chi connectivity index (χ1) is 15.6. The lowest BCUT2D eigenvalue weighted by Gasteiger charge is -2.14. The molecule has 0 fully saturated rings. The molecule has 0 atom stereocenters. The fraction of sp³-hybridized carbons (Fsp3) is 0.120. The van der Waals surface area contributed by atoms with Gasteiger partial charge in [-0.2, -0.15) is 0 Å². The van der Waals surface area contributed by atoms with E-state index in [9.17, 15) is 0 Å². The molecule has 0 saturated heterocycles. The first-order valence-corrected chi connectivity index (χ1v) is 10.1. The molecule has 0 spiro atoms. The summed E-state index contributed by atoms with van der Waals surface area (Å²) in [6.45, 7) is 2.24. The number of hydrogen-bond acceptors (Lipinski definition) is 5. The number of aryl methyl sites for hydroxylation is 1. The molecule has 3 aromatic carbocycles. The van der Waals surface area contributed by atoms with Gasteiger partial charge in [0.15, 0.2) is 23.1 Å². The van der Waals surface area contributed by atoms with Crippen LogP contribution in [0.1, 0.15) is 11.3 Å². The number of hydrogen-bond donors (Lipinski definition) is 1. The molecule has 2 aromatic heterocycles.